The predicted molar refractivity (Wildman–Crippen MR) is 105 cm³/mol. The minimum Gasteiger partial charge on any atom is -0.355 e. The average Bonchev–Trinajstić information content (AvgIpc) is 3.31. The third-order valence-corrected chi connectivity index (χ3v) is 5.73. The van der Waals surface area contributed by atoms with Gasteiger partial charge in [0, 0.05) is 16.5 Å². The molecular weight excluding hydrogens is 382 g/mol. The Bertz CT molecular complexity index is 1180. The smallest absolute Gasteiger partial charge is 0.238 e. The van der Waals surface area contributed by atoms with Crippen LogP contribution < -0.4 is 5.14 Å². The molecule has 27 heavy (non-hydrogen) atoms. The molecular formula is C19H15N3O3S2. The Balaban J connectivity index is 1.74. The number of rotatable bonds is 4. The molecule has 0 bridgehead atoms. The maximum Gasteiger partial charge on any atom is 0.238 e. The van der Waals surface area contributed by atoms with Gasteiger partial charge in [0.05, 0.1) is 27.4 Å². The first-order chi connectivity index (χ1) is 12.9. The number of aryl methyl sites for hydroxylation is 1. The van der Waals surface area contributed by atoms with Gasteiger partial charge in [0.25, 0.3) is 0 Å². The SMILES string of the molecule is Cc1noc(-c2ccc(-c3cscn3)cc2)c1-c1ccc(S(N)(=O)=O)cc1. The molecule has 0 aliphatic carbocycles. The van der Waals surface area contributed by atoms with Crippen LogP contribution in [0.25, 0.3) is 33.7 Å². The second-order valence-corrected chi connectivity index (χ2v) is 8.27. The molecule has 2 aromatic carbocycles. The fraction of sp³-hybridized carbons (Fsp3) is 0.0526. The van der Waals surface area contributed by atoms with Gasteiger partial charge >= 0.3 is 0 Å². The summed E-state index contributed by atoms with van der Waals surface area (Å²) >= 11 is 1.55. The number of sulfonamides is 1. The Morgan fingerprint density at radius 2 is 1.59 bits per heavy atom. The van der Waals surface area contributed by atoms with E-state index in [-0.39, 0.29) is 4.90 Å². The van der Waals surface area contributed by atoms with Gasteiger partial charge in [0.1, 0.15) is 0 Å². The second kappa shape index (κ2) is 6.73. The molecule has 0 unspecified atom stereocenters. The van der Waals surface area contributed by atoms with E-state index in [9.17, 15) is 8.42 Å². The van der Waals surface area contributed by atoms with Crippen LogP contribution >= 0.6 is 11.3 Å². The normalized spacial score (nSPS) is 11.6. The van der Waals surface area contributed by atoms with Gasteiger partial charge in [-0.15, -0.1) is 11.3 Å². The molecule has 0 radical (unpaired) electrons. The van der Waals surface area contributed by atoms with E-state index in [0.717, 1.165) is 33.6 Å². The molecule has 0 spiro atoms. The van der Waals surface area contributed by atoms with E-state index >= 15 is 0 Å². The molecule has 0 saturated carbocycles. The van der Waals surface area contributed by atoms with Crippen LogP contribution in [0.1, 0.15) is 5.69 Å². The highest BCUT2D eigenvalue weighted by molar-refractivity contribution is 7.89. The number of nitrogens with two attached hydrogens (primary N) is 1. The Morgan fingerprint density at radius 1 is 0.963 bits per heavy atom. The van der Waals surface area contributed by atoms with Crippen LogP contribution in [0.2, 0.25) is 0 Å². The van der Waals surface area contributed by atoms with Crippen LogP contribution in [-0.4, -0.2) is 18.6 Å². The fourth-order valence-corrected chi connectivity index (χ4v) is 3.94. The zero-order valence-electron chi connectivity index (χ0n) is 14.3. The Morgan fingerprint density at radius 3 is 2.19 bits per heavy atom. The van der Waals surface area contributed by atoms with Crippen LogP contribution in [-0.2, 0) is 10.0 Å². The summed E-state index contributed by atoms with van der Waals surface area (Å²) in [5, 5.41) is 11.2. The summed E-state index contributed by atoms with van der Waals surface area (Å²) in [6.45, 7) is 1.85. The fourth-order valence-electron chi connectivity index (χ4n) is 2.87. The molecule has 0 fully saturated rings. The largest absolute Gasteiger partial charge is 0.355 e. The van der Waals surface area contributed by atoms with Gasteiger partial charge < -0.3 is 4.52 Å². The Hall–Kier alpha value is -2.81. The van der Waals surface area contributed by atoms with E-state index in [1.165, 1.54) is 12.1 Å². The molecule has 2 N–H and O–H groups in total. The molecule has 0 amide bonds. The molecule has 4 rings (SSSR count). The number of hydrogen-bond acceptors (Lipinski definition) is 6. The van der Waals surface area contributed by atoms with Crippen molar-refractivity contribution in [3.05, 3.63) is 65.1 Å². The van der Waals surface area contributed by atoms with Crippen LogP contribution in [0, 0.1) is 6.92 Å². The molecule has 8 heteroatoms. The number of thiazole rings is 1. The van der Waals surface area contributed by atoms with E-state index < -0.39 is 10.0 Å². The van der Waals surface area contributed by atoms with Crippen LogP contribution in [0.15, 0.2) is 68.8 Å². The lowest BCUT2D eigenvalue weighted by Gasteiger charge is -2.05. The molecule has 136 valence electrons. The van der Waals surface area contributed by atoms with Gasteiger partial charge in [0.15, 0.2) is 5.76 Å². The van der Waals surface area contributed by atoms with E-state index in [0.29, 0.717) is 5.76 Å². The summed E-state index contributed by atoms with van der Waals surface area (Å²) in [4.78, 5) is 4.37. The lowest BCUT2D eigenvalue weighted by atomic mass is 9.99. The predicted octanol–water partition coefficient (Wildman–Crippen LogP) is 4.09. The maximum atomic E-state index is 11.5. The molecule has 0 aliphatic heterocycles. The van der Waals surface area contributed by atoms with Crippen molar-refractivity contribution in [2.45, 2.75) is 11.8 Å². The van der Waals surface area contributed by atoms with Crippen molar-refractivity contribution < 1.29 is 12.9 Å². The van der Waals surface area contributed by atoms with E-state index in [2.05, 4.69) is 10.1 Å². The van der Waals surface area contributed by atoms with Crippen LogP contribution in [0.4, 0.5) is 0 Å². The highest BCUT2D eigenvalue weighted by atomic mass is 32.2. The van der Waals surface area contributed by atoms with Crippen LogP contribution in [0.5, 0.6) is 0 Å². The zero-order chi connectivity index (χ0) is 19.0. The quantitative estimate of drug-likeness (QED) is 0.559. The summed E-state index contributed by atoms with van der Waals surface area (Å²) in [6, 6.07) is 14.2. The van der Waals surface area contributed by atoms with E-state index in [1.54, 1.807) is 29.0 Å². The zero-order valence-corrected chi connectivity index (χ0v) is 15.9. The van der Waals surface area contributed by atoms with E-state index in [1.807, 2.05) is 36.6 Å². The Labute approximate surface area is 160 Å². The molecule has 0 aliphatic rings. The minimum absolute atomic E-state index is 0.0644. The van der Waals surface area contributed by atoms with Crippen molar-refractivity contribution in [3.8, 4) is 33.7 Å². The Kier molecular flexibility index (Phi) is 4.39. The number of nitrogens with zero attached hydrogens (tertiary/aromatic N) is 2. The number of aromatic nitrogens is 2. The molecule has 2 aromatic heterocycles. The highest BCUT2D eigenvalue weighted by Crippen LogP contribution is 2.36. The lowest BCUT2D eigenvalue weighted by molar-refractivity contribution is 0.427. The van der Waals surface area contributed by atoms with Crippen molar-refractivity contribution in [2.75, 3.05) is 0 Å². The van der Waals surface area contributed by atoms with Crippen molar-refractivity contribution in [1.29, 1.82) is 0 Å². The summed E-state index contributed by atoms with van der Waals surface area (Å²) in [5.74, 6) is 0.626. The van der Waals surface area contributed by atoms with Crippen molar-refractivity contribution in [2.24, 2.45) is 5.14 Å². The minimum atomic E-state index is -3.73. The van der Waals surface area contributed by atoms with Gasteiger partial charge in [-0.25, -0.2) is 18.5 Å². The third kappa shape index (κ3) is 3.42. The monoisotopic (exact) mass is 397 g/mol. The summed E-state index contributed by atoms with van der Waals surface area (Å²) in [5.41, 5.74) is 6.97. The molecule has 2 heterocycles. The number of hydrogen-bond donors (Lipinski definition) is 1. The van der Waals surface area contributed by atoms with Crippen molar-refractivity contribution >= 4 is 21.4 Å². The van der Waals surface area contributed by atoms with Crippen LogP contribution in [0.3, 0.4) is 0 Å². The van der Waals surface area contributed by atoms with Crippen molar-refractivity contribution in [3.63, 3.8) is 0 Å². The summed E-state index contributed by atoms with van der Waals surface area (Å²) in [6.07, 6.45) is 0. The number of primary sulfonamides is 1. The average molecular weight is 397 g/mol. The number of benzene rings is 2. The third-order valence-electron chi connectivity index (χ3n) is 4.21. The maximum absolute atomic E-state index is 11.5. The molecule has 4 aromatic rings. The molecule has 0 atom stereocenters. The van der Waals surface area contributed by atoms with Gasteiger partial charge in [-0.1, -0.05) is 41.6 Å². The molecule has 0 saturated heterocycles. The standard InChI is InChI=1S/C19H15N3O3S2/c1-12-18(14-6-8-16(9-7-14)27(20,23)24)19(25-22-12)15-4-2-13(3-5-15)17-10-26-11-21-17/h2-11H,1H3,(H2,20,23,24). The lowest BCUT2D eigenvalue weighted by Crippen LogP contribution is -2.11. The first-order valence-electron chi connectivity index (χ1n) is 8.02. The second-order valence-electron chi connectivity index (χ2n) is 5.99. The van der Waals surface area contributed by atoms with Crippen molar-refractivity contribution in [1.82, 2.24) is 10.1 Å². The summed E-state index contributed by atoms with van der Waals surface area (Å²) < 4.78 is 28.5. The van der Waals surface area contributed by atoms with E-state index in [4.69, 9.17) is 9.66 Å². The first-order valence-corrected chi connectivity index (χ1v) is 10.5. The van der Waals surface area contributed by atoms with Gasteiger partial charge in [-0.05, 0) is 24.6 Å². The van der Waals surface area contributed by atoms with Gasteiger partial charge in [-0.3, -0.25) is 0 Å². The summed E-state index contributed by atoms with van der Waals surface area (Å²) in [7, 11) is -3.73. The molecule has 6 nitrogen and oxygen atoms in total. The first kappa shape index (κ1) is 17.6. The topological polar surface area (TPSA) is 99.1 Å². The highest BCUT2D eigenvalue weighted by Gasteiger charge is 2.18. The van der Waals surface area contributed by atoms with Gasteiger partial charge in [-0.2, -0.15) is 0 Å². The van der Waals surface area contributed by atoms with Gasteiger partial charge in [0.2, 0.25) is 10.0 Å².